The van der Waals surface area contributed by atoms with Gasteiger partial charge in [-0.05, 0) is 56.6 Å². The van der Waals surface area contributed by atoms with Gasteiger partial charge in [-0.1, -0.05) is 130 Å². The summed E-state index contributed by atoms with van der Waals surface area (Å²) in [6, 6.07) is 4.41. The summed E-state index contributed by atoms with van der Waals surface area (Å²) in [4.78, 5) is 83.8. The fourth-order valence-electron chi connectivity index (χ4n) is 8.13. The highest BCUT2D eigenvalue weighted by atomic mass is 16.3. The minimum atomic E-state index is -1.35. The van der Waals surface area contributed by atoms with Crippen LogP contribution in [-0.4, -0.2) is 76.6 Å². The molecule has 0 bridgehead atoms. The van der Waals surface area contributed by atoms with Gasteiger partial charge in [-0.25, -0.2) is 0 Å². The lowest BCUT2D eigenvalue weighted by molar-refractivity contribution is -0.136. The molecule has 1 aromatic carbocycles. The Morgan fingerprint density at radius 1 is 0.639 bits per heavy atom. The molecule has 12 heteroatoms. The van der Waals surface area contributed by atoms with E-state index in [1.165, 1.54) is 71.8 Å². The zero-order valence-electron chi connectivity index (χ0n) is 38.8. The number of ketones is 2. The van der Waals surface area contributed by atoms with Gasteiger partial charge >= 0.3 is 0 Å². The lowest BCUT2D eigenvalue weighted by atomic mass is 9.88. The SMILES string of the molecule is CCCCCCCCCCCCCCCC(=O)N[C@@H](Cc1c[nH]c2ccccc12)C(=O)N[C@H](C(=O)C[C@@H](CC(C)C)C(=O)N[C@@H](C)C(=O)C[C@@H](CC(C)C)C(=O)NC)[C@@H](C)O. The molecule has 0 unspecified atom stereocenters. The highest BCUT2D eigenvalue weighted by Crippen LogP contribution is 2.22. The topological polar surface area (TPSA) is 187 Å². The molecule has 0 aliphatic rings. The number of amides is 4. The largest absolute Gasteiger partial charge is 0.391 e. The van der Waals surface area contributed by atoms with Crippen molar-refractivity contribution in [2.45, 2.75) is 195 Å². The van der Waals surface area contributed by atoms with Gasteiger partial charge in [0.1, 0.15) is 12.1 Å². The number of H-pyrrole nitrogens is 1. The van der Waals surface area contributed by atoms with E-state index in [0.717, 1.165) is 35.7 Å². The summed E-state index contributed by atoms with van der Waals surface area (Å²) in [5, 5.41) is 22.8. The molecule has 6 N–H and O–H groups in total. The third-order valence-electron chi connectivity index (χ3n) is 11.6. The second-order valence-electron chi connectivity index (χ2n) is 18.2. The van der Waals surface area contributed by atoms with Gasteiger partial charge in [-0.2, -0.15) is 0 Å². The number of Topliss-reactive ketones (excluding diaryl/α,β-unsaturated/α-hetero) is 2. The van der Waals surface area contributed by atoms with Crippen LogP contribution in [-0.2, 0) is 35.2 Å². The van der Waals surface area contributed by atoms with Crippen molar-refractivity contribution < 1.29 is 33.9 Å². The Morgan fingerprint density at radius 2 is 1.16 bits per heavy atom. The van der Waals surface area contributed by atoms with E-state index in [-0.39, 0.29) is 55.1 Å². The van der Waals surface area contributed by atoms with Crippen molar-refractivity contribution in [1.82, 2.24) is 26.3 Å². The molecule has 0 aliphatic heterocycles. The van der Waals surface area contributed by atoms with Gasteiger partial charge in [-0.15, -0.1) is 0 Å². The average molecular weight is 852 g/mol. The molecule has 0 saturated heterocycles. The number of aliphatic hydroxyl groups is 1. The quantitative estimate of drug-likeness (QED) is 0.0392. The lowest BCUT2D eigenvalue weighted by Gasteiger charge is -2.27. The van der Waals surface area contributed by atoms with E-state index >= 15 is 0 Å². The molecule has 0 aliphatic carbocycles. The fourth-order valence-corrected chi connectivity index (χ4v) is 8.13. The maximum atomic E-state index is 14.0. The third-order valence-corrected chi connectivity index (χ3v) is 11.6. The van der Waals surface area contributed by atoms with Crippen molar-refractivity contribution in [1.29, 1.82) is 0 Å². The number of hydrogen-bond acceptors (Lipinski definition) is 7. The molecule has 4 amide bonds. The summed E-state index contributed by atoms with van der Waals surface area (Å²) >= 11 is 0. The van der Waals surface area contributed by atoms with Crippen LogP contribution in [0.15, 0.2) is 30.5 Å². The van der Waals surface area contributed by atoms with Crippen molar-refractivity contribution in [3.63, 3.8) is 0 Å². The molecular weight excluding hydrogens is 771 g/mol. The molecule has 1 heterocycles. The van der Waals surface area contributed by atoms with Crippen molar-refractivity contribution >= 4 is 46.1 Å². The Hall–Kier alpha value is -4.06. The number of aromatic amines is 1. The van der Waals surface area contributed by atoms with Gasteiger partial charge < -0.3 is 31.4 Å². The molecule has 6 atom stereocenters. The molecule has 1 aromatic heterocycles. The number of nitrogens with one attached hydrogen (secondary N) is 5. The number of aromatic nitrogens is 1. The third kappa shape index (κ3) is 20.6. The second-order valence-corrected chi connectivity index (χ2v) is 18.2. The molecule has 0 radical (unpaired) electrons. The van der Waals surface area contributed by atoms with Crippen LogP contribution in [0.4, 0.5) is 0 Å². The summed E-state index contributed by atoms with van der Waals surface area (Å²) in [6.45, 7) is 13.0. The highest BCUT2D eigenvalue weighted by molar-refractivity contribution is 5.97. The maximum absolute atomic E-state index is 14.0. The predicted molar refractivity (Wildman–Crippen MR) is 245 cm³/mol. The van der Waals surface area contributed by atoms with Crippen molar-refractivity contribution in [3.05, 3.63) is 36.0 Å². The van der Waals surface area contributed by atoms with Crippen LogP contribution in [0.2, 0.25) is 0 Å². The molecular formula is C49H81N5O7. The van der Waals surface area contributed by atoms with Gasteiger partial charge in [0.15, 0.2) is 11.6 Å². The number of hydrogen-bond donors (Lipinski definition) is 6. The van der Waals surface area contributed by atoms with Crippen molar-refractivity contribution in [2.75, 3.05) is 7.05 Å². The van der Waals surface area contributed by atoms with Crippen LogP contribution in [0.25, 0.3) is 10.9 Å². The minimum absolute atomic E-state index is 0.0171. The van der Waals surface area contributed by atoms with Gasteiger partial charge in [0.05, 0.1) is 12.1 Å². The molecule has 0 fully saturated rings. The molecule has 2 aromatic rings. The summed E-state index contributed by atoms with van der Waals surface area (Å²) < 4.78 is 0. The van der Waals surface area contributed by atoms with Crippen LogP contribution < -0.4 is 21.3 Å². The Labute approximate surface area is 366 Å². The summed E-state index contributed by atoms with van der Waals surface area (Å²) in [5.41, 5.74) is 1.71. The lowest BCUT2D eigenvalue weighted by Crippen LogP contribution is -2.55. The zero-order chi connectivity index (χ0) is 45.3. The Kier molecular flexibility index (Phi) is 25.5. The fraction of sp³-hybridized carbons (Fsp3) is 0.714. The maximum Gasteiger partial charge on any atom is 0.243 e. The number of carbonyl (C=O) groups is 6. The Morgan fingerprint density at radius 3 is 1.70 bits per heavy atom. The molecule has 61 heavy (non-hydrogen) atoms. The average Bonchev–Trinajstić information content (AvgIpc) is 3.62. The van der Waals surface area contributed by atoms with Gasteiger partial charge in [0, 0.05) is 61.7 Å². The van der Waals surface area contributed by atoms with E-state index in [1.54, 1.807) is 6.92 Å². The van der Waals surface area contributed by atoms with E-state index in [2.05, 4.69) is 33.2 Å². The van der Waals surface area contributed by atoms with Crippen LogP contribution >= 0.6 is 0 Å². The van der Waals surface area contributed by atoms with Gasteiger partial charge in [-0.3, -0.25) is 28.8 Å². The summed E-state index contributed by atoms with van der Waals surface area (Å²) in [6.07, 6.45) is 17.0. The summed E-state index contributed by atoms with van der Waals surface area (Å²) in [7, 11) is 1.53. The van der Waals surface area contributed by atoms with Crippen molar-refractivity contribution in [3.8, 4) is 0 Å². The number of para-hydroxylation sites is 1. The Balaban J connectivity index is 2.08. The number of aliphatic hydroxyl groups excluding tert-OH is 1. The molecule has 0 spiro atoms. The molecule has 2 rings (SSSR count). The first-order chi connectivity index (χ1) is 29.1. The number of benzene rings is 1. The number of fused-ring (bicyclic) bond motifs is 1. The van der Waals surface area contributed by atoms with Crippen LogP contribution in [0.5, 0.6) is 0 Å². The monoisotopic (exact) mass is 852 g/mol. The predicted octanol–water partition coefficient (Wildman–Crippen LogP) is 8.04. The van der Waals surface area contributed by atoms with Gasteiger partial charge in [0.25, 0.3) is 0 Å². The molecule has 344 valence electrons. The molecule has 12 nitrogen and oxygen atoms in total. The van der Waals surface area contributed by atoms with E-state index in [1.807, 2.05) is 58.2 Å². The van der Waals surface area contributed by atoms with Crippen LogP contribution in [0.3, 0.4) is 0 Å². The first kappa shape index (κ1) is 53.1. The number of unbranched alkanes of at least 4 members (excludes halogenated alkanes) is 12. The zero-order valence-corrected chi connectivity index (χ0v) is 38.8. The van der Waals surface area contributed by atoms with E-state index < -0.39 is 53.7 Å². The van der Waals surface area contributed by atoms with Gasteiger partial charge in [0.2, 0.25) is 23.6 Å². The standard InChI is InChI=1S/C49H81N5O7/c1-9-10-11-12-13-14-15-16-17-18-19-20-21-26-45(58)53-42(29-39-32-51-41-25-23-22-24-40(39)41)49(61)54-46(36(7)55)44(57)31-38(28-34(4)5)48(60)52-35(6)43(56)30-37(27-33(2)3)47(59)50-8/h22-25,32-38,42,46,51,55H,9-21,26-31H2,1-8H3,(H,50,59)(H,52,60)(H,53,58)(H,54,61)/t35-,36+,37+,38+,42-,46-/m0/s1. The number of rotatable bonds is 33. The van der Waals surface area contributed by atoms with Crippen LogP contribution in [0, 0.1) is 23.7 Å². The smallest absolute Gasteiger partial charge is 0.243 e. The van der Waals surface area contributed by atoms with Crippen LogP contribution in [0.1, 0.15) is 170 Å². The van der Waals surface area contributed by atoms with Crippen molar-refractivity contribution in [2.24, 2.45) is 23.7 Å². The number of carbonyl (C=O) groups excluding carboxylic acids is 6. The van der Waals surface area contributed by atoms with E-state index in [0.29, 0.717) is 19.3 Å². The first-order valence-electron chi connectivity index (χ1n) is 23.5. The highest BCUT2D eigenvalue weighted by Gasteiger charge is 2.34. The molecule has 0 saturated carbocycles. The first-order valence-corrected chi connectivity index (χ1v) is 23.5. The minimum Gasteiger partial charge on any atom is -0.391 e. The Bertz CT molecular complexity index is 1640. The van der Waals surface area contributed by atoms with E-state index in [4.69, 9.17) is 0 Å². The van der Waals surface area contributed by atoms with E-state index in [9.17, 15) is 33.9 Å². The summed E-state index contributed by atoms with van der Waals surface area (Å²) in [5.74, 6) is -3.57. The second kappa shape index (κ2) is 29.3. The normalized spacial score (nSPS) is 14.5.